The second-order valence-electron chi connectivity index (χ2n) is 4.71. The third-order valence-electron chi connectivity index (χ3n) is 3.21. The summed E-state index contributed by atoms with van der Waals surface area (Å²) in [6.07, 6.45) is 0. The Bertz CT molecular complexity index is 881. The van der Waals surface area contributed by atoms with Crippen LogP contribution in [-0.4, -0.2) is 14.5 Å². The summed E-state index contributed by atoms with van der Waals surface area (Å²) >= 11 is 6.41. The van der Waals surface area contributed by atoms with E-state index < -0.39 is 0 Å². The largest absolute Gasteiger partial charge is 0.392 e. The maximum absolute atomic E-state index is 12.5. The Balaban J connectivity index is 2.21. The molecule has 6 heteroatoms. The molecule has 0 saturated carbocycles. The van der Waals surface area contributed by atoms with Gasteiger partial charge in [0.2, 0.25) is 0 Å². The summed E-state index contributed by atoms with van der Waals surface area (Å²) in [6, 6.07) is 11.8. The highest BCUT2D eigenvalue weighted by Gasteiger charge is 2.13. The predicted molar refractivity (Wildman–Crippen MR) is 90.8 cm³/mol. The average molecular weight is 315 g/mol. The van der Waals surface area contributed by atoms with Crippen molar-refractivity contribution in [2.75, 3.05) is 0 Å². The van der Waals surface area contributed by atoms with Gasteiger partial charge in [-0.25, -0.2) is 4.98 Å². The van der Waals surface area contributed by atoms with Crippen molar-refractivity contribution in [3.05, 3.63) is 52.6 Å². The lowest BCUT2D eigenvalue weighted by molar-refractivity contribution is 0.753. The lowest BCUT2D eigenvalue weighted by Gasteiger charge is -2.07. The first-order chi connectivity index (χ1) is 10.1. The molecular weight excluding hydrogens is 302 g/mol. The van der Waals surface area contributed by atoms with Gasteiger partial charge in [-0.05, 0) is 18.6 Å². The monoisotopic (exact) mass is 315 g/mol. The SMILES string of the molecule is Cc1nc2sc(-c3ccccc3)cc2c(=O)n1CC(N)=S. The van der Waals surface area contributed by atoms with Crippen LogP contribution in [0.25, 0.3) is 20.7 Å². The highest BCUT2D eigenvalue weighted by molar-refractivity contribution is 7.80. The van der Waals surface area contributed by atoms with E-state index in [1.807, 2.05) is 36.4 Å². The summed E-state index contributed by atoms with van der Waals surface area (Å²) < 4.78 is 1.52. The van der Waals surface area contributed by atoms with E-state index in [1.54, 1.807) is 6.92 Å². The Morgan fingerprint density at radius 2 is 2.10 bits per heavy atom. The fraction of sp³-hybridized carbons (Fsp3) is 0.133. The van der Waals surface area contributed by atoms with Gasteiger partial charge in [0.15, 0.2) is 0 Å². The van der Waals surface area contributed by atoms with E-state index in [0.717, 1.165) is 15.3 Å². The van der Waals surface area contributed by atoms with Crippen molar-refractivity contribution in [2.45, 2.75) is 13.5 Å². The molecule has 3 rings (SSSR count). The van der Waals surface area contributed by atoms with Gasteiger partial charge in [0.05, 0.1) is 16.9 Å². The van der Waals surface area contributed by atoms with E-state index in [1.165, 1.54) is 15.9 Å². The van der Waals surface area contributed by atoms with Gasteiger partial charge in [-0.3, -0.25) is 9.36 Å². The lowest BCUT2D eigenvalue weighted by atomic mass is 10.2. The number of nitrogens with zero attached hydrogens (tertiary/aromatic N) is 2. The number of thiocarbonyl (C=S) groups is 1. The third-order valence-corrected chi connectivity index (χ3v) is 4.42. The molecule has 2 heterocycles. The van der Waals surface area contributed by atoms with Crippen LogP contribution in [0.4, 0.5) is 0 Å². The first kappa shape index (κ1) is 13.9. The van der Waals surface area contributed by atoms with Gasteiger partial charge in [-0.15, -0.1) is 11.3 Å². The lowest BCUT2D eigenvalue weighted by Crippen LogP contribution is -2.29. The van der Waals surface area contributed by atoms with Gasteiger partial charge in [-0.2, -0.15) is 0 Å². The quantitative estimate of drug-likeness (QED) is 0.755. The molecule has 1 aromatic carbocycles. The number of rotatable bonds is 3. The normalized spacial score (nSPS) is 10.9. The molecule has 0 spiro atoms. The zero-order chi connectivity index (χ0) is 15.0. The Morgan fingerprint density at radius 1 is 1.38 bits per heavy atom. The predicted octanol–water partition coefficient (Wildman–Crippen LogP) is 2.72. The van der Waals surface area contributed by atoms with E-state index >= 15 is 0 Å². The van der Waals surface area contributed by atoms with E-state index in [0.29, 0.717) is 11.2 Å². The molecule has 2 aromatic heterocycles. The molecule has 0 aliphatic rings. The number of aromatic nitrogens is 2. The van der Waals surface area contributed by atoms with Crippen molar-refractivity contribution < 1.29 is 0 Å². The fourth-order valence-electron chi connectivity index (χ4n) is 2.20. The molecule has 4 nitrogen and oxygen atoms in total. The molecule has 0 radical (unpaired) electrons. The Morgan fingerprint density at radius 3 is 2.76 bits per heavy atom. The first-order valence-corrected chi connectivity index (χ1v) is 7.63. The van der Waals surface area contributed by atoms with Gasteiger partial charge in [0, 0.05) is 4.88 Å². The van der Waals surface area contributed by atoms with E-state index in [4.69, 9.17) is 18.0 Å². The summed E-state index contributed by atoms with van der Waals surface area (Å²) in [6.45, 7) is 2.01. The Hall–Kier alpha value is -2.05. The van der Waals surface area contributed by atoms with Crippen molar-refractivity contribution in [3.8, 4) is 10.4 Å². The van der Waals surface area contributed by atoms with Crippen LogP contribution in [0.1, 0.15) is 5.82 Å². The molecule has 0 saturated heterocycles. The number of benzene rings is 1. The van der Waals surface area contributed by atoms with Gasteiger partial charge in [0.25, 0.3) is 5.56 Å². The molecule has 21 heavy (non-hydrogen) atoms. The number of hydrogen-bond acceptors (Lipinski definition) is 4. The molecule has 0 aliphatic carbocycles. The van der Waals surface area contributed by atoms with E-state index in [9.17, 15) is 4.79 Å². The number of hydrogen-bond donors (Lipinski definition) is 1. The van der Waals surface area contributed by atoms with Crippen molar-refractivity contribution in [1.29, 1.82) is 0 Å². The van der Waals surface area contributed by atoms with Crippen molar-refractivity contribution >= 4 is 38.8 Å². The first-order valence-electron chi connectivity index (χ1n) is 6.41. The van der Waals surface area contributed by atoms with Crippen LogP contribution in [0, 0.1) is 6.92 Å². The third kappa shape index (κ3) is 2.59. The van der Waals surface area contributed by atoms with Gasteiger partial charge >= 0.3 is 0 Å². The summed E-state index contributed by atoms with van der Waals surface area (Å²) in [7, 11) is 0. The number of aryl methyl sites for hydroxylation is 1. The molecule has 0 unspecified atom stereocenters. The minimum Gasteiger partial charge on any atom is -0.392 e. The maximum Gasteiger partial charge on any atom is 0.262 e. The van der Waals surface area contributed by atoms with Crippen LogP contribution in [-0.2, 0) is 6.54 Å². The van der Waals surface area contributed by atoms with Crippen molar-refractivity contribution in [1.82, 2.24) is 9.55 Å². The summed E-state index contributed by atoms with van der Waals surface area (Å²) in [5.41, 5.74) is 6.54. The number of nitrogens with two attached hydrogens (primary N) is 1. The smallest absolute Gasteiger partial charge is 0.262 e. The summed E-state index contributed by atoms with van der Waals surface area (Å²) in [5.74, 6) is 0.627. The molecule has 2 N–H and O–H groups in total. The Kier molecular flexibility index (Phi) is 3.57. The van der Waals surface area contributed by atoms with E-state index in [2.05, 4.69) is 4.98 Å². The topological polar surface area (TPSA) is 60.9 Å². The van der Waals surface area contributed by atoms with Crippen LogP contribution < -0.4 is 11.3 Å². The van der Waals surface area contributed by atoms with Crippen LogP contribution in [0.2, 0.25) is 0 Å². The van der Waals surface area contributed by atoms with E-state index in [-0.39, 0.29) is 17.1 Å². The zero-order valence-corrected chi connectivity index (χ0v) is 13.0. The van der Waals surface area contributed by atoms with Gasteiger partial charge in [-0.1, -0.05) is 42.5 Å². The molecule has 106 valence electrons. The summed E-state index contributed by atoms with van der Waals surface area (Å²) in [4.78, 5) is 19.1. The highest BCUT2D eigenvalue weighted by Crippen LogP contribution is 2.30. The average Bonchev–Trinajstić information content (AvgIpc) is 2.88. The standard InChI is InChI=1S/C15H13N3OS2/c1-9-17-14-11(15(19)18(9)8-13(16)20)7-12(21-14)10-5-3-2-4-6-10/h2-7H,8H2,1H3,(H2,16,20). The number of thiophene rings is 1. The van der Waals surface area contributed by atoms with Crippen LogP contribution in [0.5, 0.6) is 0 Å². The minimum atomic E-state index is -0.0938. The maximum atomic E-state index is 12.5. The van der Waals surface area contributed by atoms with Gasteiger partial charge < -0.3 is 5.73 Å². The minimum absolute atomic E-state index is 0.0938. The van der Waals surface area contributed by atoms with Crippen LogP contribution >= 0.6 is 23.6 Å². The van der Waals surface area contributed by atoms with Crippen LogP contribution in [0.15, 0.2) is 41.2 Å². The fourth-order valence-corrected chi connectivity index (χ4v) is 3.41. The second-order valence-corrected chi connectivity index (χ2v) is 6.27. The highest BCUT2D eigenvalue weighted by atomic mass is 32.1. The van der Waals surface area contributed by atoms with Crippen molar-refractivity contribution in [2.24, 2.45) is 5.73 Å². The number of fused-ring (bicyclic) bond motifs is 1. The molecule has 0 aliphatic heterocycles. The van der Waals surface area contributed by atoms with Gasteiger partial charge in [0.1, 0.15) is 10.7 Å². The summed E-state index contributed by atoms with van der Waals surface area (Å²) in [5, 5.41) is 0.612. The van der Waals surface area contributed by atoms with Crippen LogP contribution in [0.3, 0.4) is 0 Å². The van der Waals surface area contributed by atoms with Crippen molar-refractivity contribution in [3.63, 3.8) is 0 Å². The molecular formula is C15H13N3OS2. The second kappa shape index (κ2) is 5.38. The molecule has 0 amide bonds. The Labute approximate surface area is 130 Å². The zero-order valence-electron chi connectivity index (χ0n) is 11.4. The molecule has 3 aromatic rings. The molecule has 0 fully saturated rings. The molecule has 0 atom stereocenters. The molecule has 0 bridgehead atoms.